The molecule has 0 radical (unpaired) electrons. The standard InChI is InChI=1S/C17H15N3O3S/c21-10-11-8-14-13(9-18-20-14)16(23)17(11)24-7-6-15(22)19-12-4-2-1-3-5-12/h1-5,8-10,23H,6-7H2,(H,18,20)(H,19,22). The van der Waals surface area contributed by atoms with Gasteiger partial charge in [0.2, 0.25) is 5.91 Å². The van der Waals surface area contributed by atoms with E-state index in [1.165, 1.54) is 18.0 Å². The maximum absolute atomic E-state index is 11.9. The predicted molar refractivity (Wildman–Crippen MR) is 93.6 cm³/mol. The molecule has 0 unspecified atom stereocenters. The molecule has 122 valence electrons. The lowest BCUT2D eigenvalue weighted by Crippen LogP contribution is -2.12. The molecule has 3 rings (SSSR count). The molecule has 0 atom stereocenters. The third-order valence-corrected chi connectivity index (χ3v) is 4.59. The number of carbonyl (C=O) groups is 2. The van der Waals surface area contributed by atoms with Crippen LogP contribution in [0.5, 0.6) is 5.75 Å². The molecule has 0 aliphatic carbocycles. The minimum Gasteiger partial charge on any atom is -0.506 e. The van der Waals surface area contributed by atoms with Crippen molar-refractivity contribution in [2.24, 2.45) is 0 Å². The number of nitrogens with one attached hydrogen (secondary N) is 2. The number of thioether (sulfide) groups is 1. The Hall–Kier alpha value is -2.80. The second kappa shape index (κ2) is 7.18. The molecule has 0 saturated heterocycles. The fraction of sp³-hybridized carbons (Fsp3) is 0.118. The number of amides is 1. The maximum Gasteiger partial charge on any atom is 0.225 e. The summed E-state index contributed by atoms with van der Waals surface area (Å²) >= 11 is 1.27. The number of para-hydroxylation sites is 1. The summed E-state index contributed by atoms with van der Waals surface area (Å²) in [5, 5.41) is 20.2. The van der Waals surface area contributed by atoms with Crippen LogP contribution in [0.1, 0.15) is 16.8 Å². The van der Waals surface area contributed by atoms with E-state index in [-0.39, 0.29) is 18.1 Å². The first kappa shape index (κ1) is 16.1. The normalized spacial score (nSPS) is 10.7. The number of anilines is 1. The van der Waals surface area contributed by atoms with Gasteiger partial charge in [-0.15, -0.1) is 11.8 Å². The first-order chi connectivity index (χ1) is 11.7. The van der Waals surface area contributed by atoms with Crippen molar-refractivity contribution in [3.63, 3.8) is 0 Å². The van der Waals surface area contributed by atoms with Gasteiger partial charge >= 0.3 is 0 Å². The highest BCUT2D eigenvalue weighted by atomic mass is 32.2. The van der Waals surface area contributed by atoms with E-state index in [2.05, 4.69) is 15.5 Å². The molecule has 0 aliphatic rings. The summed E-state index contributed by atoms with van der Waals surface area (Å²) in [5.74, 6) is 0.332. The highest BCUT2D eigenvalue weighted by Crippen LogP contribution is 2.37. The van der Waals surface area contributed by atoms with Crippen LogP contribution >= 0.6 is 11.8 Å². The molecule has 24 heavy (non-hydrogen) atoms. The fourth-order valence-corrected chi connectivity index (χ4v) is 3.32. The van der Waals surface area contributed by atoms with Gasteiger partial charge in [0.1, 0.15) is 5.75 Å². The molecule has 0 aliphatic heterocycles. The van der Waals surface area contributed by atoms with Crippen LogP contribution in [0.15, 0.2) is 47.5 Å². The van der Waals surface area contributed by atoms with Gasteiger partial charge in [-0.2, -0.15) is 5.10 Å². The Morgan fingerprint density at radius 1 is 1.33 bits per heavy atom. The summed E-state index contributed by atoms with van der Waals surface area (Å²) in [6, 6.07) is 10.8. The molecule has 0 bridgehead atoms. The number of nitrogens with zero attached hydrogens (tertiary/aromatic N) is 1. The fourth-order valence-electron chi connectivity index (χ4n) is 2.30. The molecule has 7 heteroatoms. The number of carbonyl (C=O) groups excluding carboxylic acids is 2. The summed E-state index contributed by atoms with van der Waals surface area (Å²) in [6.07, 6.45) is 2.46. The summed E-state index contributed by atoms with van der Waals surface area (Å²) in [5.41, 5.74) is 1.71. The van der Waals surface area contributed by atoms with Gasteiger partial charge in [-0.1, -0.05) is 18.2 Å². The molecule has 3 N–H and O–H groups in total. The average Bonchev–Trinajstić information content (AvgIpc) is 3.06. The second-order valence-electron chi connectivity index (χ2n) is 5.11. The molecule has 3 aromatic rings. The highest BCUT2D eigenvalue weighted by Gasteiger charge is 2.15. The van der Waals surface area contributed by atoms with Crippen molar-refractivity contribution in [1.29, 1.82) is 0 Å². The number of aromatic amines is 1. The number of H-pyrrole nitrogens is 1. The maximum atomic E-state index is 11.9. The average molecular weight is 341 g/mol. The number of phenols is 1. The number of hydrogen-bond acceptors (Lipinski definition) is 5. The lowest BCUT2D eigenvalue weighted by atomic mass is 10.1. The number of aromatic nitrogens is 2. The molecule has 0 spiro atoms. The molecule has 1 heterocycles. The SMILES string of the molecule is O=Cc1cc2[nH]ncc2c(O)c1SCCC(=O)Nc1ccccc1. The topological polar surface area (TPSA) is 95.1 Å². The molecule has 0 fully saturated rings. The molecular formula is C17H15N3O3S. The van der Waals surface area contributed by atoms with Crippen LogP contribution in [0.3, 0.4) is 0 Å². The third-order valence-electron chi connectivity index (χ3n) is 3.46. The van der Waals surface area contributed by atoms with Crippen LogP contribution in [0.2, 0.25) is 0 Å². The zero-order valence-corrected chi connectivity index (χ0v) is 13.5. The first-order valence-electron chi connectivity index (χ1n) is 7.31. The van der Waals surface area contributed by atoms with Crippen molar-refractivity contribution in [3.05, 3.63) is 48.2 Å². The first-order valence-corrected chi connectivity index (χ1v) is 8.29. The van der Waals surface area contributed by atoms with Gasteiger partial charge in [0, 0.05) is 23.4 Å². The van der Waals surface area contributed by atoms with E-state index >= 15 is 0 Å². The quantitative estimate of drug-likeness (QED) is 0.473. The summed E-state index contributed by atoms with van der Waals surface area (Å²) in [7, 11) is 0. The molecule has 6 nitrogen and oxygen atoms in total. The number of phenolic OH excluding ortho intramolecular Hbond substituents is 1. The number of aldehydes is 1. The van der Waals surface area contributed by atoms with Crippen molar-refractivity contribution < 1.29 is 14.7 Å². The van der Waals surface area contributed by atoms with Crippen LogP contribution in [-0.4, -0.2) is 33.3 Å². The van der Waals surface area contributed by atoms with Crippen LogP contribution < -0.4 is 5.32 Å². The lowest BCUT2D eigenvalue weighted by molar-refractivity contribution is -0.115. The summed E-state index contributed by atoms with van der Waals surface area (Å²) in [6.45, 7) is 0. The minimum absolute atomic E-state index is 0.0109. The Morgan fingerprint density at radius 2 is 2.12 bits per heavy atom. The monoisotopic (exact) mass is 341 g/mol. The zero-order chi connectivity index (χ0) is 16.9. The van der Waals surface area contributed by atoms with Crippen molar-refractivity contribution >= 4 is 40.5 Å². The van der Waals surface area contributed by atoms with Crippen molar-refractivity contribution in [2.45, 2.75) is 11.3 Å². The van der Waals surface area contributed by atoms with Gasteiger partial charge in [-0.25, -0.2) is 0 Å². The number of benzene rings is 2. The zero-order valence-electron chi connectivity index (χ0n) is 12.7. The smallest absolute Gasteiger partial charge is 0.225 e. The lowest BCUT2D eigenvalue weighted by Gasteiger charge is -2.09. The van der Waals surface area contributed by atoms with E-state index in [1.807, 2.05) is 30.3 Å². The predicted octanol–water partition coefficient (Wildman–Crippen LogP) is 3.20. The number of aromatic hydroxyl groups is 1. The van der Waals surface area contributed by atoms with Gasteiger partial charge in [-0.3, -0.25) is 14.7 Å². The third kappa shape index (κ3) is 3.41. The number of rotatable bonds is 6. The van der Waals surface area contributed by atoms with Crippen LogP contribution in [0.4, 0.5) is 5.69 Å². The van der Waals surface area contributed by atoms with E-state index in [9.17, 15) is 14.7 Å². The van der Waals surface area contributed by atoms with E-state index in [1.54, 1.807) is 6.07 Å². The van der Waals surface area contributed by atoms with Gasteiger partial charge in [0.15, 0.2) is 6.29 Å². The summed E-state index contributed by atoms with van der Waals surface area (Å²) < 4.78 is 0. The molecule has 2 aromatic carbocycles. The van der Waals surface area contributed by atoms with Crippen molar-refractivity contribution in [3.8, 4) is 5.75 Å². The van der Waals surface area contributed by atoms with E-state index in [0.717, 1.165) is 5.69 Å². The van der Waals surface area contributed by atoms with Gasteiger partial charge in [0.05, 0.1) is 22.0 Å². The van der Waals surface area contributed by atoms with Crippen LogP contribution in [0.25, 0.3) is 10.9 Å². The Bertz CT molecular complexity index is 877. The molecule has 0 saturated carbocycles. The number of hydrogen-bond donors (Lipinski definition) is 3. The molecular weight excluding hydrogens is 326 g/mol. The van der Waals surface area contributed by atoms with E-state index in [0.29, 0.717) is 33.4 Å². The van der Waals surface area contributed by atoms with E-state index in [4.69, 9.17) is 0 Å². The van der Waals surface area contributed by atoms with Gasteiger partial charge in [-0.05, 0) is 18.2 Å². The van der Waals surface area contributed by atoms with Crippen molar-refractivity contribution in [2.75, 3.05) is 11.1 Å². The second-order valence-corrected chi connectivity index (χ2v) is 6.21. The summed E-state index contributed by atoms with van der Waals surface area (Å²) in [4.78, 5) is 23.7. The van der Waals surface area contributed by atoms with Crippen LogP contribution in [0, 0.1) is 0 Å². The van der Waals surface area contributed by atoms with Gasteiger partial charge < -0.3 is 10.4 Å². The Labute approximate surface area is 142 Å². The number of fused-ring (bicyclic) bond motifs is 1. The van der Waals surface area contributed by atoms with Gasteiger partial charge in [0.25, 0.3) is 0 Å². The minimum atomic E-state index is -0.120. The van der Waals surface area contributed by atoms with Crippen molar-refractivity contribution in [1.82, 2.24) is 10.2 Å². The highest BCUT2D eigenvalue weighted by molar-refractivity contribution is 7.99. The Kier molecular flexibility index (Phi) is 4.81. The largest absolute Gasteiger partial charge is 0.506 e. The Balaban J connectivity index is 1.66. The Morgan fingerprint density at radius 3 is 2.88 bits per heavy atom. The molecule has 1 amide bonds. The van der Waals surface area contributed by atoms with E-state index < -0.39 is 0 Å². The van der Waals surface area contributed by atoms with Crippen LogP contribution in [-0.2, 0) is 4.79 Å². The molecule has 1 aromatic heterocycles.